The van der Waals surface area contributed by atoms with Crippen LogP contribution in [0.2, 0.25) is 0 Å². The van der Waals surface area contributed by atoms with E-state index >= 15 is 0 Å². The highest BCUT2D eigenvalue weighted by molar-refractivity contribution is 5.94. The van der Waals surface area contributed by atoms with Crippen molar-refractivity contribution in [3.8, 4) is 5.75 Å². The number of hydrogen-bond donors (Lipinski definition) is 1. The van der Waals surface area contributed by atoms with E-state index in [1.807, 2.05) is 47.1 Å². The van der Waals surface area contributed by atoms with Crippen LogP contribution in [0.3, 0.4) is 0 Å². The number of aromatic hydroxyl groups is 1. The number of phenols is 1. The molecule has 1 aliphatic carbocycles. The van der Waals surface area contributed by atoms with Crippen molar-refractivity contribution < 1.29 is 23.5 Å². The number of alkyl halides is 2. The number of phenolic OH excluding ortho intramolecular Hbond substituents is 1. The van der Waals surface area contributed by atoms with E-state index < -0.39 is 6.43 Å². The van der Waals surface area contributed by atoms with Crippen molar-refractivity contribution in [2.24, 2.45) is 11.3 Å². The number of carbonyl (C=O) groups excluding carboxylic acids is 2. The maximum atomic E-state index is 13.5. The van der Waals surface area contributed by atoms with Gasteiger partial charge in [0, 0.05) is 30.6 Å². The van der Waals surface area contributed by atoms with E-state index in [4.69, 9.17) is 0 Å². The molecule has 2 aliphatic heterocycles. The molecule has 2 fully saturated rings. The number of aldehydes is 1. The average Bonchev–Trinajstić information content (AvgIpc) is 2.90. The van der Waals surface area contributed by atoms with Gasteiger partial charge in [0.15, 0.2) is 0 Å². The second kappa shape index (κ2) is 10.5. The Hall–Kier alpha value is -2.80. The summed E-state index contributed by atoms with van der Waals surface area (Å²) in [7, 11) is 0. The monoisotopic (exact) mass is 510 g/mol. The van der Waals surface area contributed by atoms with Gasteiger partial charge in [-0.2, -0.15) is 0 Å². The lowest BCUT2D eigenvalue weighted by Crippen LogP contribution is -2.45. The van der Waals surface area contributed by atoms with E-state index in [1.165, 1.54) is 0 Å². The van der Waals surface area contributed by atoms with Gasteiger partial charge in [-0.3, -0.25) is 9.69 Å². The van der Waals surface area contributed by atoms with Crippen molar-refractivity contribution in [1.82, 2.24) is 9.80 Å². The third-order valence-electron chi connectivity index (χ3n) is 9.05. The molecule has 0 radical (unpaired) electrons. The van der Waals surface area contributed by atoms with Crippen LogP contribution in [-0.4, -0.2) is 59.2 Å². The molecule has 2 aromatic carbocycles. The van der Waals surface area contributed by atoms with E-state index in [0.717, 1.165) is 74.6 Å². The first kappa shape index (κ1) is 25.8. The number of hydrogen-bond acceptors (Lipinski definition) is 4. The molecule has 1 saturated carbocycles. The molecule has 2 aromatic rings. The number of benzene rings is 2. The number of halogens is 2. The normalized spacial score (nSPS) is 24.3. The molecule has 1 spiro atoms. The molecule has 1 amide bonds. The number of nitrogens with zero attached hydrogens (tertiary/aromatic N) is 2. The Bertz CT molecular complexity index is 1120. The molecule has 1 saturated heterocycles. The van der Waals surface area contributed by atoms with Crippen LogP contribution in [0.1, 0.15) is 78.5 Å². The first-order valence-corrected chi connectivity index (χ1v) is 13.5. The van der Waals surface area contributed by atoms with Crippen molar-refractivity contribution in [2.45, 2.75) is 70.4 Å². The lowest BCUT2D eigenvalue weighted by molar-refractivity contribution is -0.112. The molecule has 5 nitrogen and oxygen atoms in total. The van der Waals surface area contributed by atoms with Gasteiger partial charge in [0.05, 0.1) is 12.6 Å². The van der Waals surface area contributed by atoms with E-state index in [9.17, 15) is 23.5 Å². The van der Waals surface area contributed by atoms with Crippen LogP contribution in [0.4, 0.5) is 8.78 Å². The summed E-state index contributed by atoms with van der Waals surface area (Å²) in [6, 6.07) is 12.1. The van der Waals surface area contributed by atoms with Crippen LogP contribution in [0.15, 0.2) is 42.5 Å². The number of piperidine rings is 1. The van der Waals surface area contributed by atoms with E-state index in [0.29, 0.717) is 12.0 Å². The second-order valence-electron chi connectivity index (χ2n) is 11.3. The highest BCUT2D eigenvalue weighted by Gasteiger charge is 2.39. The standard InChI is InChI=1S/C30H36F2N2O3/c1-20-16-24-17-25(36)6-7-26(24)28(34(20)18-27(31)32)22-2-4-23(5-3-22)29(37)33-14-12-30(13-15-33)10-8-21(19-35)9-11-30/h2-7,17,19-21,27-28,36H,8-16,18H2,1H3/t20-,28-/m1/s1. The molecule has 3 aliphatic rings. The predicted octanol–water partition coefficient (Wildman–Crippen LogP) is 5.60. The summed E-state index contributed by atoms with van der Waals surface area (Å²) in [5.74, 6) is 0.382. The van der Waals surface area contributed by atoms with Crippen LogP contribution in [0.5, 0.6) is 5.75 Å². The van der Waals surface area contributed by atoms with Crippen molar-refractivity contribution >= 4 is 12.2 Å². The smallest absolute Gasteiger partial charge is 0.253 e. The lowest BCUT2D eigenvalue weighted by atomic mass is 9.65. The number of rotatable bonds is 5. The zero-order valence-electron chi connectivity index (χ0n) is 21.4. The lowest BCUT2D eigenvalue weighted by Gasteiger charge is -2.45. The molecule has 37 heavy (non-hydrogen) atoms. The fraction of sp³-hybridized carbons (Fsp3) is 0.533. The van der Waals surface area contributed by atoms with E-state index in [1.54, 1.807) is 12.1 Å². The van der Waals surface area contributed by atoms with Gasteiger partial charge in [-0.25, -0.2) is 8.78 Å². The number of fused-ring (bicyclic) bond motifs is 1. The topological polar surface area (TPSA) is 60.9 Å². The fourth-order valence-corrected chi connectivity index (χ4v) is 6.78. The summed E-state index contributed by atoms with van der Waals surface area (Å²) in [6.45, 7) is 3.06. The van der Waals surface area contributed by atoms with Gasteiger partial charge in [0.25, 0.3) is 12.3 Å². The van der Waals surface area contributed by atoms with E-state index in [2.05, 4.69) is 0 Å². The maximum absolute atomic E-state index is 13.5. The Morgan fingerprint density at radius 2 is 1.76 bits per heavy atom. The SMILES string of the molecule is C[C@@H]1Cc2cc(O)ccc2[C@@H](c2ccc(C(=O)N3CCC4(CCC(C=O)CC4)CC3)cc2)N1CC(F)F. The van der Waals surface area contributed by atoms with E-state index in [-0.39, 0.29) is 41.6 Å². The summed E-state index contributed by atoms with van der Waals surface area (Å²) in [5, 5.41) is 9.98. The van der Waals surface area contributed by atoms with Crippen LogP contribution in [0, 0.1) is 11.3 Å². The Labute approximate surface area is 217 Å². The Kier molecular flexibility index (Phi) is 7.35. The Balaban J connectivity index is 1.31. The average molecular weight is 511 g/mol. The summed E-state index contributed by atoms with van der Waals surface area (Å²) in [5.41, 5.74) is 3.63. The quantitative estimate of drug-likeness (QED) is 0.532. The molecule has 0 aromatic heterocycles. The molecule has 0 unspecified atom stereocenters. The minimum Gasteiger partial charge on any atom is -0.508 e. The zero-order chi connectivity index (χ0) is 26.2. The van der Waals surface area contributed by atoms with Crippen molar-refractivity contribution in [3.63, 3.8) is 0 Å². The van der Waals surface area contributed by atoms with Crippen LogP contribution in [-0.2, 0) is 11.2 Å². The van der Waals surface area contributed by atoms with Crippen LogP contribution < -0.4 is 0 Å². The summed E-state index contributed by atoms with van der Waals surface area (Å²) in [6.07, 6.45) is 5.26. The molecule has 2 heterocycles. The first-order chi connectivity index (χ1) is 17.8. The van der Waals surface area contributed by atoms with Crippen molar-refractivity contribution in [1.29, 1.82) is 0 Å². The molecular formula is C30H36F2N2O3. The highest BCUT2D eigenvalue weighted by atomic mass is 19.3. The predicted molar refractivity (Wildman–Crippen MR) is 138 cm³/mol. The number of likely N-dealkylation sites (tertiary alicyclic amines) is 1. The molecule has 198 valence electrons. The van der Waals surface area contributed by atoms with Crippen molar-refractivity contribution in [3.05, 3.63) is 64.7 Å². The minimum atomic E-state index is -2.46. The van der Waals surface area contributed by atoms with Crippen molar-refractivity contribution in [2.75, 3.05) is 19.6 Å². The Morgan fingerprint density at radius 1 is 1.08 bits per heavy atom. The van der Waals surface area contributed by atoms with Crippen LogP contribution in [0.25, 0.3) is 0 Å². The minimum absolute atomic E-state index is 0.00903. The highest BCUT2D eigenvalue weighted by Crippen LogP contribution is 2.46. The second-order valence-corrected chi connectivity index (χ2v) is 11.3. The molecule has 7 heteroatoms. The number of carbonyl (C=O) groups is 2. The third kappa shape index (κ3) is 5.28. The zero-order valence-corrected chi connectivity index (χ0v) is 21.4. The summed E-state index contributed by atoms with van der Waals surface area (Å²) >= 11 is 0. The van der Waals surface area contributed by atoms with Gasteiger partial charge in [-0.05, 0) is 98.2 Å². The van der Waals surface area contributed by atoms with Gasteiger partial charge < -0.3 is 14.8 Å². The Morgan fingerprint density at radius 3 is 2.38 bits per heavy atom. The molecular weight excluding hydrogens is 474 g/mol. The largest absolute Gasteiger partial charge is 0.508 e. The first-order valence-electron chi connectivity index (χ1n) is 13.5. The fourth-order valence-electron chi connectivity index (χ4n) is 6.78. The van der Waals surface area contributed by atoms with Gasteiger partial charge in [-0.15, -0.1) is 0 Å². The molecule has 0 bridgehead atoms. The van der Waals surface area contributed by atoms with Gasteiger partial charge in [0.2, 0.25) is 0 Å². The van der Waals surface area contributed by atoms with Crippen LogP contribution >= 0.6 is 0 Å². The third-order valence-corrected chi connectivity index (χ3v) is 9.05. The molecule has 1 N–H and O–H groups in total. The van der Waals surface area contributed by atoms with Gasteiger partial charge in [0.1, 0.15) is 12.0 Å². The van der Waals surface area contributed by atoms with Gasteiger partial charge in [-0.1, -0.05) is 18.2 Å². The molecule has 2 atom stereocenters. The number of amides is 1. The summed E-state index contributed by atoms with van der Waals surface area (Å²) in [4.78, 5) is 28.2. The maximum Gasteiger partial charge on any atom is 0.253 e. The van der Waals surface area contributed by atoms with Gasteiger partial charge >= 0.3 is 0 Å². The molecule has 5 rings (SSSR count). The summed E-state index contributed by atoms with van der Waals surface area (Å²) < 4.78 is 27.0.